The zero-order chi connectivity index (χ0) is 18.0. The van der Waals surface area contributed by atoms with E-state index in [1.807, 2.05) is 36.7 Å². The Morgan fingerprint density at radius 2 is 1.96 bits per heavy atom. The first-order valence-electron chi connectivity index (χ1n) is 8.22. The molecule has 1 aromatic heterocycles. The lowest BCUT2D eigenvalue weighted by Gasteiger charge is -2.11. The van der Waals surface area contributed by atoms with E-state index in [1.54, 1.807) is 6.07 Å². The minimum absolute atomic E-state index is 0. The average Bonchev–Trinajstić information content (AvgIpc) is 2.91. The summed E-state index contributed by atoms with van der Waals surface area (Å²) in [6, 6.07) is 10.3. The average molecular weight is 413 g/mol. The summed E-state index contributed by atoms with van der Waals surface area (Å²) in [4.78, 5) is 16.5. The predicted octanol–water partition coefficient (Wildman–Crippen LogP) is 4.21. The van der Waals surface area contributed by atoms with E-state index in [9.17, 15) is 9.18 Å². The Morgan fingerprint density at radius 3 is 2.67 bits per heavy atom. The second-order valence-corrected chi connectivity index (χ2v) is 6.10. The Hall–Kier alpha value is -2.15. The number of imidazole rings is 1. The van der Waals surface area contributed by atoms with E-state index in [0.717, 1.165) is 28.2 Å². The van der Waals surface area contributed by atoms with Gasteiger partial charge in [0.1, 0.15) is 11.6 Å². The van der Waals surface area contributed by atoms with E-state index >= 15 is 0 Å². The molecule has 1 amide bonds. The van der Waals surface area contributed by atoms with Crippen LogP contribution in [0.15, 0.2) is 36.4 Å². The molecule has 27 heavy (non-hydrogen) atoms. The molecule has 0 saturated carbocycles. The zero-order valence-corrected chi connectivity index (χ0v) is 16.8. The van der Waals surface area contributed by atoms with E-state index in [2.05, 4.69) is 10.3 Å². The molecular formula is C19H23Cl2FN4O. The van der Waals surface area contributed by atoms with Gasteiger partial charge < -0.3 is 15.6 Å². The monoisotopic (exact) mass is 412 g/mol. The van der Waals surface area contributed by atoms with E-state index in [4.69, 9.17) is 5.73 Å². The summed E-state index contributed by atoms with van der Waals surface area (Å²) in [5, 5.41) is 2.93. The largest absolute Gasteiger partial charge is 0.330 e. The van der Waals surface area contributed by atoms with Crippen molar-refractivity contribution in [2.75, 3.05) is 11.9 Å². The Kier molecular flexibility index (Phi) is 8.21. The van der Waals surface area contributed by atoms with Gasteiger partial charge in [-0.3, -0.25) is 4.79 Å². The van der Waals surface area contributed by atoms with E-state index in [-0.39, 0.29) is 36.5 Å². The lowest BCUT2D eigenvalue weighted by molar-refractivity contribution is -0.116. The normalized spacial score (nSPS) is 10.2. The smallest absolute Gasteiger partial charge is 0.224 e. The number of amides is 1. The molecule has 3 aromatic rings. The summed E-state index contributed by atoms with van der Waals surface area (Å²) in [6.45, 7) is 2.43. The molecular weight excluding hydrogens is 390 g/mol. The van der Waals surface area contributed by atoms with Crippen LogP contribution in [0.5, 0.6) is 0 Å². The van der Waals surface area contributed by atoms with E-state index in [0.29, 0.717) is 24.9 Å². The molecule has 0 radical (unpaired) electrons. The molecule has 5 nitrogen and oxygen atoms in total. The fourth-order valence-corrected chi connectivity index (χ4v) is 2.80. The molecule has 8 heteroatoms. The van der Waals surface area contributed by atoms with Crippen molar-refractivity contribution in [3.05, 3.63) is 47.8 Å². The van der Waals surface area contributed by atoms with Crippen molar-refractivity contribution >= 4 is 47.4 Å². The number of benzene rings is 2. The summed E-state index contributed by atoms with van der Waals surface area (Å²) >= 11 is 0. The number of nitrogens with one attached hydrogen (secondary N) is 1. The number of halogens is 3. The maximum Gasteiger partial charge on any atom is 0.224 e. The summed E-state index contributed by atoms with van der Waals surface area (Å²) < 4.78 is 15.4. The van der Waals surface area contributed by atoms with Gasteiger partial charge in [-0.1, -0.05) is 12.1 Å². The lowest BCUT2D eigenvalue weighted by Crippen LogP contribution is -2.14. The number of nitrogens with two attached hydrogens (primary N) is 1. The van der Waals surface area contributed by atoms with Gasteiger partial charge in [0.2, 0.25) is 5.91 Å². The molecule has 3 rings (SSSR count). The van der Waals surface area contributed by atoms with Gasteiger partial charge in [-0.2, -0.15) is 0 Å². The molecule has 0 atom stereocenters. The number of carbonyl (C=O) groups is 1. The first-order valence-corrected chi connectivity index (χ1v) is 8.22. The van der Waals surface area contributed by atoms with Crippen LogP contribution in [-0.2, 0) is 11.8 Å². The summed E-state index contributed by atoms with van der Waals surface area (Å²) in [5.74, 6) is 0.352. The number of aryl methyl sites for hydroxylation is 2. The van der Waals surface area contributed by atoms with Crippen molar-refractivity contribution in [2.24, 2.45) is 12.8 Å². The Labute approximate surface area is 170 Å². The fraction of sp³-hybridized carbons (Fsp3) is 0.263. The predicted molar refractivity (Wildman–Crippen MR) is 112 cm³/mol. The molecule has 0 aliphatic carbocycles. The quantitative estimate of drug-likeness (QED) is 0.658. The topological polar surface area (TPSA) is 72.9 Å². The second-order valence-electron chi connectivity index (χ2n) is 6.10. The van der Waals surface area contributed by atoms with Crippen LogP contribution in [0.1, 0.15) is 18.4 Å². The maximum absolute atomic E-state index is 13.4. The third-order valence-electron chi connectivity index (χ3n) is 4.22. The molecule has 0 unspecified atom stereocenters. The number of carbonyl (C=O) groups excluding carboxylic acids is 1. The summed E-state index contributed by atoms with van der Waals surface area (Å²) in [5.41, 5.74) is 9.48. The number of hydrogen-bond acceptors (Lipinski definition) is 3. The highest BCUT2D eigenvalue weighted by atomic mass is 35.5. The van der Waals surface area contributed by atoms with Crippen molar-refractivity contribution in [1.29, 1.82) is 0 Å². The lowest BCUT2D eigenvalue weighted by atomic mass is 10.1. The number of hydrogen-bond donors (Lipinski definition) is 2. The van der Waals surface area contributed by atoms with E-state index < -0.39 is 0 Å². The van der Waals surface area contributed by atoms with Crippen LogP contribution >= 0.6 is 24.8 Å². The van der Waals surface area contributed by atoms with Gasteiger partial charge in [0.05, 0.1) is 11.0 Å². The fourth-order valence-electron chi connectivity index (χ4n) is 2.80. The zero-order valence-electron chi connectivity index (χ0n) is 15.2. The van der Waals surface area contributed by atoms with Gasteiger partial charge in [-0.25, -0.2) is 9.37 Å². The van der Waals surface area contributed by atoms with Crippen molar-refractivity contribution in [3.63, 3.8) is 0 Å². The molecule has 0 fully saturated rings. The van der Waals surface area contributed by atoms with Crippen LogP contribution in [0.25, 0.3) is 22.4 Å². The molecule has 2 aromatic carbocycles. The first kappa shape index (κ1) is 22.9. The van der Waals surface area contributed by atoms with Gasteiger partial charge >= 0.3 is 0 Å². The van der Waals surface area contributed by atoms with Gasteiger partial charge in [-0.05, 0) is 43.7 Å². The third-order valence-corrected chi connectivity index (χ3v) is 4.22. The molecule has 3 N–H and O–H groups in total. The molecule has 0 aliphatic heterocycles. The Bertz CT molecular complexity index is 943. The number of aromatic nitrogens is 2. The second kappa shape index (κ2) is 9.69. The van der Waals surface area contributed by atoms with Crippen LogP contribution in [0.2, 0.25) is 0 Å². The standard InChI is InChI=1S/C19H21FN4O.2ClH/c1-12-5-6-13(10-15(12)22-18(25)4-3-9-21)19-23-16-11-14(20)7-8-17(16)24(19)2;;/h5-8,10-11H,3-4,9,21H2,1-2H3,(H,22,25);2*1H. The number of rotatable bonds is 5. The summed E-state index contributed by atoms with van der Waals surface area (Å²) in [7, 11) is 1.89. The van der Waals surface area contributed by atoms with Crippen LogP contribution in [0.4, 0.5) is 10.1 Å². The SMILES string of the molecule is Cc1ccc(-c2nc3cc(F)ccc3n2C)cc1NC(=O)CCCN.Cl.Cl. The molecule has 0 aliphatic rings. The molecule has 1 heterocycles. The summed E-state index contributed by atoms with van der Waals surface area (Å²) in [6.07, 6.45) is 1.05. The van der Waals surface area contributed by atoms with Gasteiger partial charge in [-0.15, -0.1) is 24.8 Å². The van der Waals surface area contributed by atoms with Crippen molar-refractivity contribution < 1.29 is 9.18 Å². The minimum Gasteiger partial charge on any atom is -0.330 e. The van der Waals surface area contributed by atoms with Gasteiger partial charge in [0.25, 0.3) is 0 Å². The number of fused-ring (bicyclic) bond motifs is 1. The minimum atomic E-state index is -0.311. The highest BCUT2D eigenvalue weighted by Crippen LogP contribution is 2.28. The molecule has 0 bridgehead atoms. The third kappa shape index (κ3) is 4.97. The van der Waals surface area contributed by atoms with Crippen molar-refractivity contribution in [1.82, 2.24) is 9.55 Å². The molecule has 0 saturated heterocycles. The molecule has 146 valence electrons. The maximum atomic E-state index is 13.4. The number of anilines is 1. The number of nitrogens with zero attached hydrogens (tertiary/aromatic N) is 2. The van der Waals surface area contributed by atoms with Gasteiger partial charge in [0, 0.05) is 30.8 Å². The Morgan fingerprint density at radius 1 is 1.22 bits per heavy atom. The first-order chi connectivity index (χ1) is 12.0. The van der Waals surface area contributed by atoms with Crippen molar-refractivity contribution in [2.45, 2.75) is 19.8 Å². The molecule has 0 spiro atoms. The Balaban J connectivity index is 0.00000182. The van der Waals surface area contributed by atoms with Gasteiger partial charge in [0.15, 0.2) is 0 Å². The highest BCUT2D eigenvalue weighted by molar-refractivity contribution is 5.92. The van der Waals surface area contributed by atoms with Crippen LogP contribution in [0, 0.1) is 12.7 Å². The van der Waals surface area contributed by atoms with Crippen LogP contribution < -0.4 is 11.1 Å². The highest BCUT2D eigenvalue weighted by Gasteiger charge is 2.13. The van der Waals surface area contributed by atoms with Crippen molar-refractivity contribution in [3.8, 4) is 11.4 Å². The van der Waals surface area contributed by atoms with E-state index in [1.165, 1.54) is 12.1 Å². The van der Waals surface area contributed by atoms with Crippen LogP contribution in [-0.4, -0.2) is 22.0 Å². The van der Waals surface area contributed by atoms with Crippen LogP contribution in [0.3, 0.4) is 0 Å².